The third-order valence-electron chi connectivity index (χ3n) is 3.34. The molecule has 0 aromatic heterocycles. The summed E-state index contributed by atoms with van der Waals surface area (Å²) in [6.45, 7) is 8.20. The van der Waals surface area contributed by atoms with Gasteiger partial charge in [0.25, 0.3) is 0 Å². The molecule has 2 N–H and O–H groups in total. The lowest BCUT2D eigenvalue weighted by Crippen LogP contribution is -2.52. The van der Waals surface area contributed by atoms with E-state index in [-0.39, 0.29) is 24.9 Å². The van der Waals surface area contributed by atoms with Crippen LogP contribution in [0.1, 0.15) is 53.4 Å². The molecule has 112 valence electrons. The largest absolute Gasteiger partial charge is 0.481 e. The van der Waals surface area contributed by atoms with Gasteiger partial charge < -0.3 is 15.2 Å². The van der Waals surface area contributed by atoms with E-state index in [4.69, 9.17) is 9.84 Å². The summed E-state index contributed by atoms with van der Waals surface area (Å²) in [4.78, 5) is 22.6. The second-order valence-electron chi connectivity index (χ2n) is 5.45. The molecule has 1 atom stereocenters. The molecule has 0 radical (unpaired) electrons. The van der Waals surface area contributed by atoms with Gasteiger partial charge in [-0.2, -0.15) is 0 Å². The van der Waals surface area contributed by atoms with Crippen molar-refractivity contribution in [3.8, 4) is 0 Å². The van der Waals surface area contributed by atoms with Gasteiger partial charge in [-0.25, -0.2) is 0 Å². The maximum atomic E-state index is 11.7. The third kappa shape index (κ3) is 7.82. The zero-order valence-corrected chi connectivity index (χ0v) is 12.5. The molecular weight excluding hydrogens is 246 g/mol. The molecule has 0 spiro atoms. The van der Waals surface area contributed by atoms with Gasteiger partial charge in [0.05, 0.1) is 12.0 Å². The number of hydrogen-bond donors (Lipinski definition) is 2. The average Bonchev–Trinajstić information content (AvgIpc) is 2.27. The van der Waals surface area contributed by atoms with E-state index in [0.29, 0.717) is 6.61 Å². The predicted octanol–water partition coefficient (Wildman–Crippen LogP) is 2.20. The lowest BCUT2D eigenvalue weighted by molar-refractivity contribution is -0.140. The zero-order chi connectivity index (χ0) is 14.9. The Hall–Kier alpha value is -1.10. The van der Waals surface area contributed by atoms with Gasteiger partial charge in [-0.05, 0) is 19.3 Å². The Bertz CT molecular complexity index is 291. The van der Waals surface area contributed by atoms with Crippen LogP contribution in [0.4, 0.5) is 0 Å². The van der Waals surface area contributed by atoms with Crippen LogP contribution in [0.2, 0.25) is 0 Å². The predicted molar refractivity (Wildman–Crippen MR) is 74.0 cm³/mol. The summed E-state index contributed by atoms with van der Waals surface area (Å²) >= 11 is 0. The summed E-state index contributed by atoms with van der Waals surface area (Å²) in [6.07, 6.45) is 3.05. The number of carboxylic acids is 1. The van der Waals surface area contributed by atoms with Crippen molar-refractivity contribution in [2.45, 2.75) is 58.9 Å². The van der Waals surface area contributed by atoms with Crippen LogP contribution >= 0.6 is 0 Å². The summed E-state index contributed by atoms with van der Waals surface area (Å²) in [5, 5.41) is 11.7. The highest BCUT2D eigenvalue weighted by Gasteiger charge is 2.32. The number of carbonyl (C=O) groups excluding carboxylic acids is 1. The summed E-state index contributed by atoms with van der Waals surface area (Å²) in [7, 11) is 0. The molecule has 0 bridgehead atoms. The van der Waals surface area contributed by atoms with E-state index < -0.39 is 11.5 Å². The summed E-state index contributed by atoms with van der Waals surface area (Å²) < 4.78 is 5.27. The molecule has 0 rings (SSSR count). The Labute approximate surface area is 115 Å². The molecule has 5 nitrogen and oxygen atoms in total. The maximum Gasteiger partial charge on any atom is 0.305 e. The topological polar surface area (TPSA) is 75.6 Å². The van der Waals surface area contributed by atoms with Crippen molar-refractivity contribution in [1.82, 2.24) is 5.32 Å². The van der Waals surface area contributed by atoms with E-state index in [0.717, 1.165) is 19.3 Å². The zero-order valence-electron chi connectivity index (χ0n) is 12.5. The summed E-state index contributed by atoms with van der Waals surface area (Å²) in [5.74, 6) is -1.14. The Morgan fingerprint density at radius 2 is 1.95 bits per heavy atom. The Kier molecular flexibility index (Phi) is 8.39. The number of carbonyl (C=O) groups is 2. The maximum absolute atomic E-state index is 11.7. The molecule has 0 saturated carbocycles. The van der Waals surface area contributed by atoms with Gasteiger partial charge in [-0.1, -0.05) is 33.6 Å². The first kappa shape index (κ1) is 17.9. The SMILES string of the molecule is CCCCCOCC(=O)NC(C)(CC(=O)O)C(C)C. The van der Waals surface area contributed by atoms with Crippen molar-refractivity contribution in [3.63, 3.8) is 0 Å². The van der Waals surface area contributed by atoms with Crippen molar-refractivity contribution in [1.29, 1.82) is 0 Å². The molecule has 0 aliphatic carbocycles. The molecule has 19 heavy (non-hydrogen) atoms. The Balaban J connectivity index is 4.14. The van der Waals surface area contributed by atoms with Crippen LogP contribution in [-0.2, 0) is 14.3 Å². The first-order chi connectivity index (χ1) is 8.81. The molecule has 0 saturated heterocycles. The monoisotopic (exact) mass is 273 g/mol. The number of amides is 1. The summed E-state index contributed by atoms with van der Waals surface area (Å²) in [6, 6.07) is 0. The van der Waals surface area contributed by atoms with Crippen LogP contribution in [0.3, 0.4) is 0 Å². The van der Waals surface area contributed by atoms with E-state index >= 15 is 0 Å². The molecule has 0 heterocycles. The molecule has 5 heteroatoms. The fourth-order valence-electron chi connectivity index (χ4n) is 1.68. The second-order valence-corrected chi connectivity index (χ2v) is 5.45. The minimum atomic E-state index is -0.916. The van der Waals surface area contributed by atoms with Crippen molar-refractivity contribution in [2.75, 3.05) is 13.2 Å². The van der Waals surface area contributed by atoms with Crippen LogP contribution in [0, 0.1) is 5.92 Å². The van der Waals surface area contributed by atoms with Crippen LogP contribution in [0.15, 0.2) is 0 Å². The van der Waals surface area contributed by atoms with Gasteiger partial charge >= 0.3 is 5.97 Å². The lowest BCUT2D eigenvalue weighted by atomic mass is 9.85. The highest BCUT2D eigenvalue weighted by atomic mass is 16.5. The molecule has 1 unspecified atom stereocenters. The average molecular weight is 273 g/mol. The highest BCUT2D eigenvalue weighted by Crippen LogP contribution is 2.20. The Morgan fingerprint density at radius 3 is 2.42 bits per heavy atom. The van der Waals surface area contributed by atoms with Gasteiger partial charge in [0.2, 0.25) is 5.91 Å². The molecule has 0 aromatic rings. The van der Waals surface area contributed by atoms with E-state index in [1.165, 1.54) is 0 Å². The highest BCUT2D eigenvalue weighted by molar-refractivity contribution is 5.79. The lowest BCUT2D eigenvalue weighted by Gasteiger charge is -2.33. The third-order valence-corrected chi connectivity index (χ3v) is 3.34. The molecule has 0 aromatic carbocycles. The van der Waals surface area contributed by atoms with E-state index in [9.17, 15) is 9.59 Å². The standard InChI is InChI=1S/C14H27NO4/c1-5-6-7-8-19-10-12(16)15-14(4,11(2)3)9-13(17)18/h11H,5-10H2,1-4H3,(H,15,16)(H,17,18). The first-order valence-corrected chi connectivity index (χ1v) is 6.92. The number of ether oxygens (including phenoxy) is 1. The first-order valence-electron chi connectivity index (χ1n) is 6.92. The van der Waals surface area contributed by atoms with Crippen molar-refractivity contribution < 1.29 is 19.4 Å². The van der Waals surface area contributed by atoms with E-state index in [2.05, 4.69) is 12.2 Å². The van der Waals surface area contributed by atoms with Crippen LogP contribution in [0.5, 0.6) is 0 Å². The number of unbranched alkanes of at least 4 members (excludes halogenated alkanes) is 2. The Morgan fingerprint density at radius 1 is 1.32 bits per heavy atom. The number of hydrogen-bond acceptors (Lipinski definition) is 3. The van der Waals surface area contributed by atoms with Crippen LogP contribution < -0.4 is 5.32 Å². The smallest absolute Gasteiger partial charge is 0.305 e. The van der Waals surface area contributed by atoms with Crippen molar-refractivity contribution in [3.05, 3.63) is 0 Å². The summed E-state index contributed by atoms with van der Waals surface area (Å²) in [5.41, 5.74) is -0.740. The molecule has 1 amide bonds. The quantitative estimate of drug-likeness (QED) is 0.598. The molecule has 0 aliphatic heterocycles. The van der Waals surface area contributed by atoms with E-state index in [1.54, 1.807) is 6.92 Å². The van der Waals surface area contributed by atoms with Crippen LogP contribution in [-0.4, -0.2) is 35.7 Å². The van der Waals surface area contributed by atoms with Gasteiger partial charge in [0, 0.05) is 6.61 Å². The minimum absolute atomic E-state index is 0.00829. The molecule has 0 fully saturated rings. The minimum Gasteiger partial charge on any atom is -0.481 e. The fourth-order valence-corrected chi connectivity index (χ4v) is 1.68. The fraction of sp³-hybridized carbons (Fsp3) is 0.857. The number of carboxylic acid groups (broad SMARTS) is 1. The van der Waals surface area contributed by atoms with Gasteiger partial charge in [0.1, 0.15) is 6.61 Å². The number of nitrogens with one attached hydrogen (secondary N) is 1. The van der Waals surface area contributed by atoms with Gasteiger partial charge in [-0.15, -0.1) is 0 Å². The van der Waals surface area contributed by atoms with E-state index in [1.807, 2.05) is 13.8 Å². The molecular formula is C14H27NO4. The number of rotatable bonds is 10. The number of aliphatic carboxylic acids is 1. The molecule has 0 aliphatic rings. The van der Waals surface area contributed by atoms with Crippen molar-refractivity contribution >= 4 is 11.9 Å². The van der Waals surface area contributed by atoms with Gasteiger partial charge in [-0.3, -0.25) is 9.59 Å². The van der Waals surface area contributed by atoms with Crippen LogP contribution in [0.25, 0.3) is 0 Å². The van der Waals surface area contributed by atoms with Crippen molar-refractivity contribution in [2.24, 2.45) is 5.92 Å². The second kappa shape index (κ2) is 8.91. The normalized spacial score (nSPS) is 14.2. The van der Waals surface area contributed by atoms with Gasteiger partial charge in [0.15, 0.2) is 0 Å².